The zero-order valence-electron chi connectivity index (χ0n) is 11.7. The quantitative estimate of drug-likeness (QED) is 0.739. The number of hydrogen-bond acceptors (Lipinski definition) is 3. The van der Waals surface area contributed by atoms with E-state index in [1.807, 2.05) is 0 Å². The van der Waals surface area contributed by atoms with Crippen molar-refractivity contribution >= 4 is 28.3 Å². The Morgan fingerprint density at radius 3 is 2.41 bits per heavy atom. The molecule has 3 rings (SSSR count). The second-order valence-electron chi connectivity index (χ2n) is 4.94. The molecule has 0 aliphatic carbocycles. The van der Waals surface area contributed by atoms with E-state index in [0.717, 1.165) is 0 Å². The van der Waals surface area contributed by atoms with Crippen LogP contribution in [0, 0.1) is 0 Å². The van der Waals surface area contributed by atoms with Gasteiger partial charge in [0.2, 0.25) is 11.2 Å². The molecule has 0 bridgehead atoms. The van der Waals surface area contributed by atoms with Crippen molar-refractivity contribution in [1.29, 1.82) is 0 Å². The molecule has 0 unspecified atom stereocenters. The van der Waals surface area contributed by atoms with Gasteiger partial charge in [-0.25, -0.2) is 0 Å². The Kier molecular flexibility index (Phi) is 3.47. The van der Waals surface area contributed by atoms with Crippen LogP contribution in [-0.4, -0.2) is 15.5 Å². The maximum absolute atomic E-state index is 12.6. The van der Waals surface area contributed by atoms with Gasteiger partial charge in [-0.2, -0.15) is 0 Å². The van der Waals surface area contributed by atoms with Crippen LogP contribution in [0.4, 0.5) is 0 Å². The first-order valence-corrected chi connectivity index (χ1v) is 6.99. The summed E-state index contributed by atoms with van der Waals surface area (Å²) in [7, 11) is 1.64. The van der Waals surface area contributed by atoms with Crippen molar-refractivity contribution in [1.82, 2.24) is 4.57 Å². The predicted molar refractivity (Wildman–Crippen MR) is 85.7 cm³/mol. The Labute approximate surface area is 131 Å². The number of rotatable bonds is 2. The summed E-state index contributed by atoms with van der Waals surface area (Å²) in [6.07, 6.45) is 0. The minimum absolute atomic E-state index is 0.0361. The van der Waals surface area contributed by atoms with Crippen LogP contribution in [-0.2, 0) is 7.05 Å². The number of para-hydroxylation sites is 1. The van der Waals surface area contributed by atoms with Gasteiger partial charge >= 0.3 is 0 Å². The predicted octanol–water partition coefficient (Wildman–Crippen LogP) is 3.13. The number of aryl methyl sites for hydroxylation is 1. The van der Waals surface area contributed by atoms with E-state index in [1.54, 1.807) is 55.6 Å². The van der Waals surface area contributed by atoms with Gasteiger partial charge in [0, 0.05) is 23.0 Å². The monoisotopic (exact) mass is 313 g/mol. The Morgan fingerprint density at radius 2 is 1.73 bits per heavy atom. The molecular formula is C17H12ClNO3. The maximum atomic E-state index is 12.6. The molecule has 2 aromatic carbocycles. The molecule has 0 spiro atoms. The zero-order chi connectivity index (χ0) is 15.9. The highest BCUT2D eigenvalue weighted by atomic mass is 35.5. The van der Waals surface area contributed by atoms with Crippen LogP contribution in [0.1, 0.15) is 16.1 Å². The molecule has 0 saturated heterocycles. The summed E-state index contributed by atoms with van der Waals surface area (Å²) in [5.74, 6) is -0.972. The lowest BCUT2D eigenvalue weighted by Gasteiger charge is -2.13. The summed E-state index contributed by atoms with van der Waals surface area (Å²) in [4.78, 5) is 24.9. The smallest absolute Gasteiger partial charge is 0.231 e. The molecule has 1 heterocycles. The second kappa shape index (κ2) is 5.31. The molecule has 4 nitrogen and oxygen atoms in total. The average molecular weight is 314 g/mol. The van der Waals surface area contributed by atoms with Crippen LogP contribution in [0.3, 0.4) is 0 Å². The summed E-state index contributed by atoms with van der Waals surface area (Å²) in [5.41, 5.74) is 0.352. The molecule has 0 saturated carbocycles. The topological polar surface area (TPSA) is 59.3 Å². The lowest BCUT2D eigenvalue weighted by molar-refractivity contribution is 0.102. The van der Waals surface area contributed by atoms with Crippen LogP contribution in [0.5, 0.6) is 5.75 Å². The van der Waals surface area contributed by atoms with Gasteiger partial charge in [0.05, 0.1) is 5.52 Å². The average Bonchev–Trinajstić information content (AvgIpc) is 2.53. The van der Waals surface area contributed by atoms with E-state index in [1.165, 1.54) is 4.57 Å². The zero-order valence-corrected chi connectivity index (χ0v) is 12.5. The third-order valence-electron chi connectivity index (χ3n) is 3.61. The minimum atomic E-state index is -0.550. The summed E-state index contributed by atoms with van der Waals surface area (Å²) in [5, 5.41) is 11.1. The van der Waals surface area contributed by atoms with Crippen molar-refractivity contribution in [2.24, 2.45) is 7.05 Å². The number of carbonyl (C=O) groups excluding carboxylic acids is 1. The standard InChI is InChI=1S/C17H12ClNO3/c1-19-13-5-3-2-4-12(13)16(21)17(22)14(19)15(20)10-6-8-11(18)9-7-10/h2-9,22H,1H3. The number of halogens is 1. The lowest BCUT2D eigenvalue weighted by Crippen LogP contribution is -2.17. The lowest BCUT2D eigenvalue weighted by atomic mass is 10.0. The molecule has 22 heavy (non-hydrogen) atoms. The van der Waals surface area contributed by atoms with Crippen LogP contribution in [0.2, 0.25) is 5.02 Å². The summed E-state index contributed by atoms with van der Waals surface area (Å²) >= 11 is 5.81. The number of aromatic hydroxyl groups is 1. The van der Waals surface area contributed by atoms with E-state index >= 15 is 0 Å². The normalized spacial score (nSPS) is 10.8. The molecular weight excluding hydrogens is 302 g/mol. The highest BCUT2D eigenvalue weighted by molar-refractivity contribution is 6.30. The summed E-state index contributed by atoms with van der Waals surface area (Å²) in [6, 6.07) is 13.1. The van der Waals surface area contributed by atoms with Crippen molar-refractivity contribution < 1.29 is 9.90 Å². The fourth-order valence-corrected chi connectivity index (χ4v) is 2.60. The molecule has 5 heteroatoms. The van der Waals surface area contributed by atoms with Gasteiger partial charge in [-0.1, -0.05) is 23.7 Å². The maximum Gasteiger partial charge on any atom is 0.231 e. The molecule has 3 aromatic rings. The second-order valence-corrected chi connectivity index (χ2v) is 5.37. The number of pyridine rings is 1. The van der Waals surface area contributed by atoms with Crippen molar-refractivity contribution in [3.05, 3.63) is 75.0 Å². The molecule has 1 N–H and O–H groups in total. The Hall–Kier alpha value is -2.59. The Bertz CT molecular complexity index is 943. The number of fused-ring (bicyclic) bond motifs is 1. The molecule has 0 aliphatic heterocycles. The van der Waals surface area contributed by atoms with Crippen molar-refractivity contribution in [3.8, 4) is 5.75 Å². The largest absolute Gasteiger partial charge is 0.503 e. The van der Waals surface area contributed by atoms with Crippen LogP contribution >= 0.6 is 11.6 Å². The third kappa shape index (κ3) is 2.18. The highest BCUT2D eigenvalue weighted by Crippen LogP contribution is 2.22. The fourth-order valence-electron chi connectivity index (χ4n) is 2.47. The number of hydrogen-bond donors (Lipinski definition) is 1. The van der Waals surface area contributed by atoms with Crippen molar-refractivity contribution in [2.45, 2.75) is 0 Å². The van der Waals surface area contributed by atoms with E-state index < -0.39 is 17.0 Å². The Balaban J connectivity index is 2.29. The number of carbonyl (C=O) groups is 1. The molecule has 1 aromatic heterocycles. The summed E-state index contributed by atoms with van der Waals surface area (Å²) in [6.45, 7) is 0. The molecule has 0 amide bonds. The number of aromatic nitrogens is 1. The molecule has 0 atom stereocenters. The van der Waals surface area contributed by atoms with Gasteiger partial charge in [-0.15, -0.1) is 0 Å². The first-order valence-electron chi connectivity index (χ1n) is 6.61. The van der Waals surface area contributed by atoms with Gasteiger partial charge in [-0.3, -0.25) is 9.59 Å². The van der Waals surface area contributed by atoms with E-state index in [-0.39, 0.29) is 5.69 Å². The first kappa shape index (κ1) is 14.4. The highest BCUT2D eigenvalue weighted by Gasteiger charge is 2.21. The first-order chi connectivity index (χ1) is 10.5. The summed E-state index contributed by atoms with van der Waals surface area (Å²) < 4.78 is 1.53. The van der Waals surface area contributed by atoms with Crippen LogP contribution in [0.15, 0.2) is 53.3 Å². The van der Waals surface area contributed by atoms with Crippen LogP contribution < -0.4 is 5.43 Å². The van der Waals surface area contributed by atoms with E-state index in [2.05, 4.69) is 0 Å². The molecule has 0 fully saturated rings. The molecule has 0 aliphatic rings. The molecule has 0 radical (unpaired) electrons. The van der Waals surface area contributed by atoms with Gasteiger partial charge < -0.3 is 9.67 Å². The van der Waals surface area contributed by atoms with Gasteiger partial charge in [0.25, 0.3) is 0 Å². The van der Waals surface area contributed by atoms with E-state index in [9.17, 15) is 14.7 Å². The number of benzene rings is 2. The fraction of sp³-hybridized carbons (Fsp3) is 0.0588. The van der Waals surface area contributed by atoms with E-state index in [0.29, 0.717) is 21.5 Å². The van der Waals surface area contributed by atoms with Crippen molar-refractivity contribution in [2.75, 3.05) is 0 Å². The van der Waals surface area contributed by atoms with Crippen molar-refractivity contribution in [3.63, 3.8) is 0 Å². The SMILES string of the molecule is Cn1c(C(=O)c2ccc(Cl)cc2)c(O)c(=O)c2ccccc21. The third-order valence-corrected chi connectivity index (χ3v) is 3.86. The van der Waals surface area contributed by atoms with E-state index in [4.69, 9.17) is 11.6 Å². The van der Waals surface area contributed by atoms with Gasteiger partial charge in [-0.05, 0) is 36.4 Å². The Morgan fingerprint density at radius 1 is 1.09 bits per heavy atom. The van der Waals surface area contributed by atoms with Gasteiger partial charge in [0.15, 0.2) is 5.75 Å². The molecule has 110 valence electrons. The number of ketones is 1. The van der Waals surface area contributed by atoms with Gasteiger partial charge in [0.1, 0.15) is 5.69 Å². The number of nitrogens with zero attached hydrogens (tertiary/aromatic N) is 1. The minimum Gasteiger partial charge on any atom is -0.503 e. The van der Waals surface area contributed by atoms with Crippen LogP contribution in [0.25, 0.3) is 10.9 Å².